The number of nitrogens with zero attached hydrogens (tertiary/aromatic N) is 4. The summed E-state index contributed by atoms with van der Waals surface area (Å²) in [5.74, 6) is 1.38. The first-order valence-electron chi connectivity index (χ1n) is 8.72. The molecule has 0 aliphatic rings. The van der Waals surface area contributed by atoms with Gasteiger partial charge in [0.15, 0.2) is 18.1 Å². The van der Waals surface area contributed by atoms with Gasteiger partial charge >= 0.3 is 5.97 Å². The third-order valence-electron chi connectivity index (χ3n) is 4.10. The number of methoxy groups -OCH3 is 2. The zero-order valence-corrected chi connectivity index (χ0v) is 16.3. The van der Waals surface area contributed by atoms with Gasteiger partial charge in [-0.1, -0.05) is 5.16 Å². The van der Waals surface area contributed by atoms with Crippen molar-refractivity contribution in [3.05, 3.63) is 41.5 Å². The Hall–Kier alpha value is -3.36. The van der Waals surface area contributed by atoms with E-state index in [1.165, 1.54) is 0 Å². The van der Waals surface area contributed by atoms with Crippen LogP contribution in [0.25, 0.3) is 11.4 Å². The van der Waals surface area contributed by atoms with Gasteiger partial charge in [-0.05, 0) is 38.1 Å². The minimum Gasteiger partial charge on any atom is -0.493 e. The lowest BCUT2D eigenvalue weighted by molar-refractivity contribution is -0.146. The standard InChI is InChI=1S/C19H22N4O5/c1-12-9-13(2)23(21-12)8-7-18(24)27-11-17-20-19(22-28-17)14-5-6-15(25-3)16(10-14)26-4/h5-6,9-10H,7-8,11H2,1-4H3. The third-order valence-corrected chi connectivity index (χ3v) is 4.10. The molecule has 0 saturated carbocycles. The minimum atomic E-state index is -0.363. The van der Waals surface area contributed by atoms with E-state index in [4.69, 9.17) is 18.7 Å². The number of carbonyl (C=O) groups is 1. The lowest BCUT2D eigenvalue weighted by atomic mass is 10.2. The van der Waals surface area contributed by atoms with Crippen molar-refractivity contribution in [2.75, 3.05) is 14.2 Å². The van der Waals surface area contributed by atoms with Gasteiger partial charge in [0.25, 0.3) is 5.89 Å². The van der Waals surface area contributed by atoms with Gasteiger partial charge in [-0.25, -0.2) is 0 Å². The van der Waals surface area contributed by atoms with Crippen LogP contribution in [-0.2, 0) is 22.7 Å². The molecule has 9 heteroatoms. The number of aromatic nitrogens is 4. The third kappa shape index (κ3) is 4.48. The number of ether oxygens (including phenoxy) is 3. The zero-order valence-electron chi connectivity index (χ0n) is 16.3. The molecule has 2 heterocycles. The molecular weight excluding hydrogens is 364 g/mol. The van der Waals surface area contributed by atoms with Crippen LogP contribution in [0.15, 0.2) is 28.8 Å². The molecule has 148 valence electrons. The molecular formula is C19H22N4O5. The summed E-state index contributed by atoms with van der Waals surface area (Å²) >= 11 is 0. The fraction of sp³-hybridized carbons (Fsp3) is 0.368. The highest BCUT2D eigenvalue weighted by atomic mass is 16.6. The number of hydrogen-bond donors (Lipinski definition) is 0. The molecule has 0 aliphatic heterocycles. The highest BCUT2D eigenvalue weighted by Gasteiger charge is 2.14. The summed E-state index contributed by atoms with van der Waals surface area (Å²) in [4.78, 5) is 16.2. The van der Waals surface area contributed by atoms with E-state index in [2.05, 4.69) is 15.2 Å². The minimum absolute atomic E-state index is 0.0871. The maximum Gasteiger partial charge on any atom is 0.308 e. The molecule has 0 N–H and O–H groups in total. The molecule has 0 fully saturated rings. The molecule has 0 saturated heterocycles. The van der Waals surface area contributed by atoms with Crippen molar-refractivity contribution in [1.29, 1.82) is 0 Å². The molecule has 0 bridgehead atoms. The quantitative estimate of drug-likeness (QED) is 0.545. The highest BCUT2D eigenvalue weighted by Crippen LogP contribution is 2.31. The number of rotatable bonds is 8. The topological polar surface area (TPSA) is 102 Å². The maximum absolute atomic E-state index is 12.0. The van der Waals surface area contributed by atoms with Crippen molar-refractivity contribution in [2.24, 2.45) is 0 Å². The smallest absolute Gasteiger partial charge is 0.308 e. The molecule has 1 aromatic carbocycles. The number of esters is 1. The van der Waals surface area contributed by atoms with Gasteiger partial charge in [0.05, 0.1) is 32.9 Å². The van der Waals surface area contributed by atoms with Gasteiger partial charge in [-0.3, -0.25) is 9.48 Å². The normalized spacial score (nSPS) is 10.7. The SMILES string of the molecule is COc1ccc(-c2noc(COC(=O)CCn3nc(C)cc3C)n2)cc1OC. The summed E-state index contributed by atoms with van der Waals surface area (Å²) in [7, 11) is 3.11. The van der Waals surface area contributed by atoms with Gasteiger partial charge in [0, 0.05) is 11.3 Å². The lowest BCUT2D eigenvalue weighted by Gasteiger charge is -2.07. The van der Waals surface area contributed by atoms with Crippen LogP contribution in [0, 0.1) is 13.8 Å². The second-order valence-corrected chi connectivity index (χ2v) is 6.14. The van der Waals surface area contributed by atoms with E-state index in [0.717, 1.165) is 11.4 Å². The van der Waals surface area contributed by atoms with Crippen LogP contribution in [-0.4, -0.2) is 40.1 Å². The molecule has 0 radical (unpaired) electrons. The van der Waals surface area contributed by atoms with E-state index >= 15 is 0 Å². The molecule has 0 aliphatic carbocycles. The Morgan fingerprint density at radius 2 is 1.93 bits per heavy atom. The summed E-state index contributed by atoms with van der Waals surface area (Å²) in [6.45, 7) is 4.22. The summed E-state index contributed by atoms with van der Waals surface area (Å²) in [6.07, 6.45) is 0.207. The number of benzene rings is 1. The fourth-order valence-corrected chi connectivity index (χ4v) is 2.72. The van der Waals surface area contributed by atoms with Gasteiger partial charge in [0.1, 0.15) is 0 Å². The molecule has 0 atom stereocenters. The summed E-state index contributed by atoms with van der Waals surface area (Å²) in [5.41, 5.74) is 2.62. The van der Waals surface area contributed by atoms with Crippen molar-refractivity contribution in [1.82, 2.24) is 19.9 Å². The predicted octanol–water partition coefficient (Wildman–Crippen LogP) is 2.70. The second-order valence-electron chi connectivity index (χ2n) is 6.14. The monoisotopic (exact) mass is 386 g/mol. The van der Waals surface area contributed by atoms with Crippen molar-refractivity contribution in [2.45, 2.75) is 33.4 Å². The predicted molar refractivity (Wildman–Crippen MR) is 99.0 cm³/mol. The lowest BCUT2D eigenvalue weighted by Crippen LogP contribution is -2.11. The average Bonchev–Trinajstić information content (AvgIpc) is 3.30. The van der Waals surface area contributed by atoms with E-state index in [-0.39, 0.29) is 24.9 Å². The average molecular weight is 386 g/mol. The van der Waals surface area contributed by atoms with Crippen LogP contribution in [0.1, 0.15) is 23.7 Å². The molecule has 0 unspecified atom stereocenters. The maximum atomic E-state index is 12.0. The van der Waals surface area contributed by atoms with Crippen LogP contribution in [0.3, 0.4) is 0 Å². The van der Waals surface area contributed by atoms with E-state index in [0.29, 0.717) is 29.4 Å². The number of carbonyl (C=O) groups excluding carboxylic acids is 1. The van der Waals surface area contributed by atoms with Crippen molar-refractivity contribution < 1.29 is 23.5 Å². The largest absolute Gasteiger partial charge is 0.493 e. The summed E-state index contributed by atoms with van der Waals surface area (Å²) in [5, 5.41) is 8.23. The van der Waals surface area contributed by atoms with Gasteiger partial charge < -0.3 is 18.7 Å². The number of hydrogen-bond acceptors (Lipinski definition) is 8. The van der Waals surface area contributed by atoms with Crippen molar-refractivity contribution >= 4 is 5.97 Å². The Balaban J connectivity index is 1.56. The first-order valence-corrected chi connectivity index (χ1v) is 8.72. The highest BCUT2D eigenvalue weighted by molar-refractivity contribution is 5.69. The molecule has 28 heavy (non-hydrogen) atoms. The Morgan fingerprint density at radius 3 is 2.61 bits per heavy atom. The molecule has 0 amide bonds. The van der Waals surface area contributed by atoms with Crippen LogP contribution < -0.4 is 9.47 Å². The Labute approximate surface area is 162 Å². The molecule has 3 rings (SSSR count). The van der Waals surface area contributed by atoms with Crippen LogP contribution in [0.4, 0.5) is 0 Å². The van der Waals surface area contributed by atoms with Crippen molar-refractivity contribution in [3.8, 4) is 22.9 Å². The van der Waals surface area contributed by atoms with E-state index in [1.807, 2.05) is 19.9 Å². The van der Waals surface area contributed by atoms with Crippen LogP contribution in [0.5, 0.6) is 11.5 Å². The summed E-state index contributed by atoms with van der Waals surface area (Å²) in [6, 6.07) is 7.24. The second kappa shape index (κ2) is 8.55. The van der Waals surface area contributed by atoms with Crippen molar-refractivity contribution in [3.63, 3.8) is 0 Å². The van der Waals surface area contributed by atoms with Crippen LogP contribution >= 0.6 is 0 Å². The first kappa shape index (κ1) is 19.4. The number of aryl methyl sites for hydroxylation is 3. The first-order chi connectivity index (χ1) is 13.5. The van der Waals surface area contributed by atoms with Crippen LogP contribution in [0.2, 0.25) is 0 Å². The Morgan fingerprint density at radius 1 is 1.14 bits per heavy atom. The molecule has 3 aromatic rings. The summed E-state index contributed by atoms with van der Waals surface area (Å²) < 4.78 is 22.6. The van der Waals surface area contributed by atoms with Gasteiger partial charge in [0.2, 0.25) is 5.82 Å². The molecule has 9 nitrogen and oxygen atoms in total. The molecule has 0 spiro atoms. The van der Waals surface area contributed by atoms with E-state index in [9.17, 15) is 4.79 Å². The Bertz CT molecular complexity index is 963. The van der Waals surface area contributed by atoms with E-state index in [1.54, 1.807) is 37.1 Å². The van der Waals surface area contributed by atoms with Gasteiger partial charge in [-0.2, -0.15) is 10.1 Å². The molecule has 2 aromatic heterocycles. The van der Waals surface area contributed by atoms with Gasteiger partial charge in [-0.15, -0.1) is 0 Å². The fourth-order valence-electron chi connectivity index (χ4n) is 2.72. The Kier molecular flexibility index (Phi) is 5.93. The van der Waals surface area contributed by atoms with E-state index < -0.39 is 0 Å². The zero-order chi connectivity index (χ0) is 20.1.